The number of nitrogens with one attached hydrogen (secondary N) is 2. The SMILES string of the molecule is COc1ccc(CNC(=O)Nc2ccc(C(C)S(C)(=O)=O)cc2)cc1. The number of hydrogen-bond donors (Lipinski definition) is 2. The van der Waals surface area contributed by atoms with Gasteiger partial charge in [-0.15, -0.1) is 0 Å². The Balaban J connectivity index is 1.89. The zero-order valence-corrected chi connectivity index (χ0v) is 15.3. The van der Waals surface area contributed by atoms with E-state index in [4.69, 9.17) is 4.74 Å². The zero-order valence-electron chi connectivity index (χ0n) is 14.4. The van der Waals surface area contributed by atoms with Crippen molar-refractivity contribution in [3.63, 3.8) is 0 Å². The van der Waals surface area contributed by atoms with Crippen LogP contribution in [0.4, 0.5) is 10.5 Å². The van der Waals surface area contributed by atoms with Gasteiger partial charge in [0, 0.05) is 18.5 Å². The number of methoxy groups -OCH3 is 1. The minimum Gasteiger partial charge on any atom is -0.497 e. The van der Waals surface area contributed by atoms with Crippen molar-refractivity contribution in [3.8, 4) is 5.75 Å². The molecule has 0 heterocycles. The van der Waals surface area contributed by atoms with Crippen molar-refractivity contribution in [3.05, 3.63) is 59.7 Å². The minimum absolute atomic E-state index is 0.334. The number of urea groups is 1. The molecule has 0 saturated carbocycles. The predicted molar refractivity (Wildman–Crippen MR) is 98.6 cm³/mol. The maximum absolute atomic E-state index is 11.9. The first kappa shape index (κ1) is 18.8. The number of ether oxygens (including phenoxy) is 1. The number of anilines is 1. The molecular weight excluding hydrogens is 340 g/mol. The molecule has 1 unspecified atom stereocenters. The molecule has 1 atom stereocenters. The van der Waals surface area contributed by atoms with E-state index in [9.17, 15) is 13.2 Å². The van der Waals surface area contributed by atoms with Crippen LogP contribution in [0.2, 0.25) is 0 Å². The van der Waals surface area contributed by atoms with E-state index in [0.29, 0.717) is 17.8 Å². The Hall–Kier alpha value is -2.54. The Labute approximate surface area is 148 Å². The number of benzene rings is 2. The van der Waals surface area contributed by atoms with Gasteiger partial charge in [0.05, 0.1) is 12.4 Å². The first-order valence-electron chi connectivity index (χ1n) is 7.76. The molecule has 0 aliphatic carbocycles. The van der Waals surface area contributed by atoms with Crippen LogP contribution in [0.25, 0.3) is 0 Å². The number of amides is 2. The molecule has 2 aromatic rings. The molecule has 0 spiro atoms. The molecular formula is C18H22N2O4S. The molecule has 0 saturated heterocycles. The van der Waals surface area contributed by atoms with Gasteiger partial charge >= 0.3 is 6.03 Å². The van der Waals surface area contributed by atoms with E-state index in [1.165, 1.54) is 6.26 Å². The first-order chi connectivity index (χ1) is 11.8. The van der Waals surface area contributed by atoms with Crippen LogP contribution in [0, 0.1) is 0 Å². The van der Waals surface area contributed by atoms with Gasteiger partial charge in [0.15, 0.2) is 9.84 Å². The highest BCUT2D eigenvalue weighted by Crippen LogP contribution is 2.22. The van der Waals surface area contributed by atoms with Crippen molar-refractivity contribution in [1.82, 2.24) is 5.32 Å². The lowest BCUT2D eigenvalue weighted by Gasteiger charge is -2.12. The van der Waals surface area contributed by atoms with Gasteiger partial charge in [-0.05, 0) is 42.3 Å². The van der Waals surface area contributed by atoms with E-state index < -0.39 is 15.1 Å². The third kappa shape index (κ3) is 5.49. The molecule has 2 N–H and O–H groups in total. The molecule has 2 rings (SSSR count). The summed E-state index contributed by atoms with van der Waals surface area (Å²) in [5.74, 6) is 0.761. The molecule has 0 aliphatic rings. The summed E-state index contributed by atoms with van der Waals surface area (Å²) in [6.07, 6.45) is 1.20. The summed E-state index contributed by atoms with van der Waals surface area (Å²) >= 11 is 0. The number of carbonyl (C=O) groups is 1. The van der Waals surface area contributed by atoms with Crippen LogP contribution in [0.15, 0.2) is 48.5 Å². The van der Waals surface area contributed by atoms with Crippen molar-refractivity contribution in [2.24, 2.45) is 0 Å². The van der Waals surface area contributed by atoms with E-state index in [0.717, 1.165) is 11.3 Å². The molecule has 7 heteroatoms. The Bertz CT molecular complexity index is 815. The first-order valence-corrected chi connectivity index (χ1v) is 9.71. The zero-order chi connectivity index (χ0) is 18.4. The van der Waals surface area contributed by atoms with Gasteiger partial charge in [-0.3, -0.25) is 0 Å². The fraction of sp³-hybridized carbons (Fsp3) is 0.278. The molecule has 6 nitrogen and oxygen atoms in total. The molecule has 0 radical (unpaired) electrons. The average molecular weight is 362 g/mol. The van der Waals surface area contributed by atoms with Gasteiger partial charge in [-0.2, -0.15) is 0 Å². The second-order valence-corrected chi connectivity index (χ2v) is 8.12. The van der Waals surface area contributed by atoms with Crippen molar-refractivity contribution in [2.75, 3.05) is 18.7 Å². The highest BCUT2D eigenvalue weighted by atomic mass is 32.2. The van der Waals surface area contributed by atoms with Crippen LogP contribution >= 0.6 is 0 Å². The second kappa shape index (κ2) is 8.02. The minimum atomic E-state index is -3.14. The molecule has 0 fully saturated rings. The van der Waals surface area contributed by atoms with E-state index in [-0.39, 0.29) is 6.03 Å². The van der Waals surface area contributed by atoms with Crippen molar-refractivity contribution in [2.45, 2.75) is 18.7 Å². The van der Waals surface area contributed by atoms with Gasteiger partial charge in [0.25, 0.3) is 0 Å². The lowest BCUT2D eigenvalue weighted by atomic mass is 10.1. The molecule has 2 amide bonds. The average Bonchev–Trinajstić information content (AvgIpc) is 2.59. The van der Waals surface area contributed by atoms with Gasteiger partial charge in [0.2, 0.25) is 0 Å². The molecule has 134 valence electrons. The highest BCUT2D eigenvalue weighted by molar-refractivity contribution is 7.90. The lowest BCUT2D eigenvalue weighted by molar-refractivity contribution is 0.251. The summed E-state index contributed by atoms with van der Waals surface area (Å²) < 4.78 is 28.2. The fourth-order valence-electron chi connectivity index (χ4n) is 2.19. The normalized spacial score (nSPS) is 12.3. The van der Waals surface area contributed by atoms with Crippen LogP contribution in [0.5, 0.6) is 5.75 Å². The summed E-state index contributed by atoms with van der Waals surface area (Å²) in [5.41, 5.74) is 2.23. The van der Waals surface area contributed by atoms with E-state index in [1.54, 1.807) is 38.3 Å². The molecule has 2 aromatic carbocycles. The number of rotatable bonds is 6. The number of sulfone groups is 1. The second-order valence-electron chi connectivity index (χ2n) is 5.75. The van der Waals surface area contributed by atoms with Crippen molar-refractivity contribution >= 4 is 21.6 Å². The Morgan fingerprint density at radius 3 is 2.20 bits per heavy atom. The topological polar surface area (TPSA) is 84.5 Å². The quantitative estimate of drug-likeness (QED) is 0.827. The van der Waals surface area contributed by atoms with Crippen molar-refractivity contribution < 1.29 is 17.9 Å². The van der Waals surface area contributed by atoms with Crippen molar-refractivity contribution in [1.29, 1.82) is 0 Å². The monoisotopic (exact) mass is 362 g/mol. The van der Waals surface area contributed by atoms with Crippen LogP contribution in [0.3, 0.4) is 0 Å². The predicted octanol–water partition coefficient (Wildman–Crippen LogP) is 3.12. The summed E-state index contributed by atoms with van der Waals surface area (Å²) in [6.45, 7) is 2.03. The fourth-order valence-corrected chi connectivity index (χ4v) is 2.84. The molecule has 0 aliphatic heterocycles. The van der Waals surface area contributed by atoms with Crippen LogP contribution in [-0.4, -0.2) is 27.8 Å². The Kier molecular flexibility index (Phi) is 6.03. The van der Waals surface area contributed by atoms with Gasteiger partial charge < -0.3 is 15.4 Å². The molecule has 25 heavy (non-hydrogen) atoms. The lowest BCUT2D eigenvalue weighted by Crippen LogP contribution is -2.28. The summed E-state index contributed by atoms with van der Waals surface area (Å²) in [6, 6.07) is 13.8. The number of hydrogen-bond acceptors (Lipinski definition) is 4. The van der Waals surface area contributed by atoms with Gasteiger partial charge in [0.1, 0.15) is 5.75 Å². The third-order valence-electron chi connectivity index (χ3n) is 3.89. The standard InChI is InChI=1S/C18H22N2O4S/c1-13(25(3,22)23)15-6-8-16(9-7-15)20-18(21)19-12-14-4-10-17(24-2)11-5-14/h4-11,13H,12H2,1-3H3,(H2,19,20,21). The van der Waals surface area contributed by atoms with E-state index in [2.05, 4.69) is 10.6 Å². The maximum Gasteiger partial charge on any atom is 0.319 e. The smallest absolute Gasteiger partial charge is 0.319 e. The largest absolute Gasteiger partial charge is 0.497 e. The summed E-state index contributed by atoms with van der Waals surface area (Å²) in [7, 11) is -1.54. The van der Waals surface area contributed by atoms with E-state index >= 15 is 0 Å². The third-order valence-corrected chi connectivity index (χ3v) is 5.45. The van der Waals surface area contributed by atoms with Crippen LogP contribution in [0.1, 0.15) is 23.3 Å². The molecule has 0 bridgehead atoms. The summed E-state index contributed by atoms with van der Waals surface area (Å²) in [5, 5.41) is 4.90. The highest BCUT2D eigenvalue weighted by Gasteiger charge is 2.16. The summed E-state index contributed by atoms with van der Waals surface area (Å²) in [4.78, 5) is 11.9. The molecule has 0 aromatic heterocycles. The number of carbonyl (C=O) groups excluding carboxylic acids is 1. The van der Waals surface area contributed by atoms with Gasteiger partial charge in [-0.1, -0.05) is 24.3 Å². The van der Waals surface area contributed by atoms with Gasteiger partial charge in [-0.25, -0.2) is 13.2 Å². The Morgan fingerprint density at radius 1 is 1.08 bits per heavy atom. The maximum atomic E-state index is 11.9. The van der Waals surface area contributed by atoms with Crippen LogP contribution < -0.4 is 15.4 Å². The Morgan fingerprint density at radius 2 is 1.68 bits per heavy atom. The van der Waals surface area contributed by atoms with Crippen LogP contribution in [-0.2, 0) is 16.4 Å². The van der Waals surface area contributed by atoms with E-state index in [1.807, 2.05) is 24.3 Å².